The minimum atomic E-state index is -0.505. The molecule has 226 valence electrons. The molecule has 2 N–H and O–H groups in total. The Morgan fingerprint density at radius 1 is 0.556 bits per heavy atom. The third kappa shape index (κ3) is 5.70. The summed E-state index contributed by atoms with van der Waals surface area (Å²) in [4.78, 5) is 58.4. The highest BCUT2D eigenvalue weighted by Crippen LogP contribution is 2.42. The first-order valence-electron chi connectivity index (χ1n) is 13.4. The van der Waals surface area contributed by atoms with Gasteiger partial charge in [0.15, 0.2) is 0 Å². The molecule has 7 heterocycles. The number of aromatic amines is 2. The number of nitrogens with zero attached hydrogens (tertiary/aromatic N) is 8. The molecule has 0 amide bonds. The lowest BCUT2D eigenvalue weighted by molar-refractivity contribution is 0.507. The van der Waals surface area contributed by atoms with Crippen LogP contribution < -0.4 is 22.5 Å². The van der Waals surface area contributed by atoms with Gasteiger partial charge in [-0.15, -0.1) is 44.2 Å². The van der Waals surface area contributed by atoms with Crippen LogP contribution in [0.5, 0.6) is 0 Å². The van der Waals surface area contributed by atoms with Gasteiger partial charge in [-0.1, -0.05) is 10.4 Å². The van der Waals surface area contributed by atoms with Crippen LogP contribution in [0.25, 0.3) is 40.7 Å². The van der Waals surface area contributed by atoms with E-state index in [0.717, 1.165) is 29.3 Å². The Morgan fingerprint density at radius 3 is 1.31 bits per heavy atom. The van der Waals surface area contributed by atoms with Gasteiger partial charge in [0.1, 0.15) is 24.7 Å². The summed E-state index contributed by atoms with van der Waals surface area (Å²) < 4.78 is 5.85. The van der Waals surface area contributed by atoms with Crippen molar-refractivity contribution in [3.63, 3.8) is 0 Å². The van der Waals surface area contributed by atoms with E-state index in [-0.39, 0.29) is 13.3 Å². The summed E-state index contributed by atoms with van der Waals surface area (Å²) in [5, 5.41) is 16.9. The quantitative estimate of drug-likeness (QED) is 0.251. The van der Waals surface area contributed by atoms with Gasteiger partial charge >= 0.3 is 11.4 Å². The second-order valence-electron chi connectivity index (χ2n) is 10.1. The van der Waals surface area contributed by atoms with E-state index in [2.05, 4.69) is 54.9 Å². The number of aryl methyl sites for hydroxylation is 2. The van der Waals surface area contributed by atoms with Gasteiger partial charge in [-0.25, -0.2) is 19.0 Å². The van der Waals surface area contributed by atoms with Crippen LogP contribution in [0.4, 0.5) is 0 Å². The molecule has 0 fully saturated rings. The molecule has 0 unspecified atom stereocenters. The van der Waals surface area contributed by atoms with Crippen LogP contribution in [0.2, 0.25) is 0 Å². The van der Waals surface area contributed by atoms with Crippen LogP contribution in [0.3, 0.4) is 0 Å². The predicted octanol–water partition coefficient (Wildman–Crippen LogP) is 3.05. The Labute approximate surface area is 264 Å². The Hall–Kier alpha value is -5.26. The van der Waals surface area contributed by atoms with E-state index in [1.807, 2.05) is 12.1 Å². The molecule has 0 atom stereocenters. The zero-order valence-electron chi connectivity index (χ0n) is 23.6. The van der Waals surface area contributed by atoms with Crippen LogP contribution in [0, 0.1) is 13.8 Å². The van der Waals surface area contributed by atoms with Crippen molar-refractivity contribution in [2.24, 2.45) is 0 Å². The molecule has 0 radical (unpaired) electrons. The summed E-state index contributed by atoms with van der Waals surface area (Å²) in [5.41, 5.74) is 0.433. The number of H-pyrrole nitrogens is 2. The lowest BCUT2D eigenvalue weighted by atomic mass is 10.3. The molecule has 0 spiro atoms. The highest BCUT2D eigenvalue weighted by molar-refractivity contribution is 7.27. The zero-order chi connectivity index (χ0) is 31.2. The van der Waals surface area contributed by atoms with E-state index < -0.39 is 22.5 Å². The number of hydrogen-bond donors (Lipinski definition) is 2. The second-order valence-corrected chi connectivity index (χ2v) is 13.4. The van der Waals surface area contributed by atoms with E-state index in [9.17, 15) is 19.2 Å². The first-order chi connectivity index (χ1) is 21.7. The van der Waals surface area contributed by atoms with Gasteiger partial charge in [0, 0.05) is 43.0 Å². The molecule has 14 nitrogen and oxygen atoms in total. The SMILES string of the molecule is Cc1cn(Cn2cc(-c3ccc(-c4ccc(-c5ccc(-c6cn(Cn7cc(C)c(=O)[nH]c7=O)nn6)s5)s4)s3)nn2)c(=O)[nH]c1=O. The third-order valence-corrected chi connectivity index (χ3v) is 10.6. The summed E-state index contributed by atoms with van der Waals surface area (Å²) in [5.74, 6) is 0. The van der Waals surface area contributed by atoms with Crippen LogP contribution in [-0.2, 0) is 13.3 Å². The lowest BCUT2D eigenvalue weighted by Crippen LogP contribution is -2.32. The average Bonchev–Trinajstić information content (AvgIpc) is 3.83. The van der Waals surface area contributed by atoms with Gasteiger partial charge < -0.3 is 0 Å². The molecule has 0 aliphatic rings. The fraction of sp³-hybridized carbons (Fsp3) is 0.143. The molecule has 7 rings (SSSR count). The van der Waals surface area contributed by atoms with Crippen molar-refractivity contribution in [2.45, 2.75) is 27.2 Å². The number of nitrogens with one attached hydrogen (secondary N) is 2. The van der Waals surface area contributed by atoms with Crippen LogP contribution in [-0.4, -0.2) is 49.1 Å². The van der Waals surface area contributed by atoms with E-state index in [1.54, 1.807) is 69.6 Å². The maximum atomic E-state index is 12.1. The van der Waals surface area contributed by atoms with Crippen molar-refractivity contribution in [1.82, 2.24) is 49.1 Å². The Balaban J connectivity index is 1.05. The normalized spacial score (nSPS) is 11.4. The molecule has 0 aliphatic heterocycles. The molecular formula is C28H22N10O4S3. The molecule has 7 aromatic heterocycles. The molecule has 0 saturated carbocycles. The topological polar surface area (TPSA) is 171 Å². The third-order valence-electron chi connectivity index (χ3n) is 6.86. The Bertz CT molecular complexity index is 2260. The van der Waals surface area contributed by atoms with Crippen LogP contribution in [0.1, 0.15) is 11.1 Å². The van der Waals surface area contributed by atoms with Gasteiger partial charge in [0.2, 0.25) is 0 Å². The van der Waals surface area contributed by atoms with Crippen molar-refractivity contribution >= 4 is 34.0 Å². The first-order valence-corrected chi connectivity index (χ1v) is 15.9. The largest absolute Gasteiger partial charge is 0.329 e. The number of rotatable bonds is 8. The summed E-state index contributed by atoms with van der Waals surface area (Å²) in [6.07, 6.45) is 6.54. The maximum absolute atomic E-state index is 12.1. The lowest BCUT2D eigenvalue weighted by Gasteiger charge is -2.04. The van der Waals surface area contributed by atoms with Gasteiger partial charge in [0.25, 0.3) is 11.1 Å². The fourth-order valence-electron chi connectivity index (χ4n) is 4.54. The summed E-state index contributed by atoms with van der Waals surface area (Å²) in [7, 11) is 0. The summed E-state index contributed by atoms with van der Waals surface area (Å²) in [6.45, 7) is 3.54. The smallest absolute Gasteiger partial charge is 0.280 e. The molecule has 17 heteroatoms. The predicted molar refractivity (Wildman–Crippen MR) is 172 cm³/mol. The minimum Gasteiger partial charge on any atom is -0.280 e. The van der Waals surface area contributed by atoms with E-state index in [0.29, 0.717) is 22.5 Å². The number of aromatic nitrogens is 10. The highest BCUT2D eigenvalue weighted by Gasteiger charge is 2.14. The zero-order valence-corrected chi connectivity index (χ0v) is 26.1. The average molecular weight is 659 g/mol. The van der Waals surface area contributed by atoms with Crippen molar-refractivity contribution < 1.29 is 0 Å². The summed E-state index contributed by atoms with van der Waals surface area (Å²) in [6, 6.07) is 12.3. The molecule has 7 aromatic rings. The Morgan fingerprint density at radius 2 is 0.911 bits per heavy atom. The van der Waals surface area contributed by atoms with Crippen molar-refractivity contribution in [2.75, 3.05) is 0 Å². The van der Waals surface area contributed by atoms with Gasteiger partial charge in [0.05, 0.1) is 22.1 Å². The molecule has 45 heavy (non-hydrogen) atoms. The Kier molecular flexibility index (Phi) is 7.19. The van der Waals surface area contributed by atoms with E-state index in [4.69, 9.17) is 0 Å². The highest BCUT2D eigenvalue weighted by atomic mass is 32.1. The van der Waals surface area contributed by atoms with Crippen molar-refractivity contribution in [3.8, 4) is 40.7 Å². The number of hydrogen-bond acceptors (Lipinski definition) is 11. The minimum absolute atomic E-state index is 0.129. The van der Waals surface area contributed by atoms with Crippen LogP contribution >= 0.6 is 34.0 Å². The van der Waals surface area contributed by atoms with Gasteiger partial charge in [-0.2, -0.15) is 0 Å². The van der Waals surface area contributed by atoms with Crippen molar-refractivity contribution in [1.29, 1.82) is 0 Å². The van der Waals surface area contributed by atoms with Crippen LogP contribution in [0.15, 0.2) is 80.4 Å². The van der Waals surface area contributed by atoms with E-state index in [1.165, 1.54) is 21.5 Å². The molecule has 0 aromatic carbocycles. The second kappa shape index (κ2) is 11.3. The summed E-state index contributed by atoms with van der Waals surface area (Å²) >= 11 is 4.88. The number of thiophene rings is 3. The monoisotopic (exact) mass is 658 g/mol. The molecule has 0 bridgehead atoms. The molecule has 0 aliphatic carbocycles. The van der Waals surface area contributed by atoms with Gasteiger partial charge in [-0.05, 0) is 50.2 Å². The first kappa shape index (κ1) is 28.5. The molecule has 0 saturated heterocycles. The standard InChI is InChI=1S/C28H22N10O4S3/c1-15-9-35(27(41)29-25(15)39)13-37-11-17(31-33-37)19-3-5-21(43-19)23-7-8-24(45-23)22-6-4-20(44-22)18-12-38(34-32-18)14-36-10-16(2)26(40)30-28(36)42/h3-12H,13-14H2,1-2H3,(H,29,39,41)(H,30,40,42). The van der Waals surface area contributed by atoms with E-state index >= 15 is 0 Å². The van der Waals surface area contributed by atoms with Crippen molar-refractivity contribution in [3.05, 3.63) is 114 Å². The van der Waals surface area contributed by atoms with Gasteiger partial charge in [-0.3, -0.25) is 28.7 Å². The maximum Gasteiger partial charge on any atom is 0.329 e. The molecular weight excluding hydrogens is 637 g/mol. The fourth-order valence-corrected chi connectivity index (χ4v) is 7.64.